The lowest BCUT2D eigenvalue weighted by molar-refractivity contribution is 0.0617. The third-order valence-corrected chi connectivity index (χ3v) is 8.23. The lowest BCUT2D eigenvalue weighted by Crippen LogP contribution is -2.57. The molecule has 0 aromatic heterocycles. The van der Waals surface area contributed by atoms with E-state index in [0.29, 0.717) is 0 Å². The van der Waals surface area contributed by atoms with E-state index in [4.69, 9.17) is 0 Å². The Morgan fingerprint density at radius 1 is 0.481 bits per heavy atom. The zero-order chi connectivity index (χ0) is 18.5. The highest BCUT2D eigenvalue weighted by Gasteiger charge is 2.43. The number of nitrogens with one attached hydrogen (secondary N) is 1. The van der Waals surface area contributed by atoms with Gasteiger partial charge in [-0.3, -0.25) is 9.80 Å². The second-order valence-electron chi connectivity index (χ2n) is 10.6. The summed E-state index contributed by atoms with van der Waals surface area (Å²) in [6, 6.07) is 1.76. The van der Waals surface area contributed by atoms with Crippen LogP contribution < -0.4 is 5.32 Å². The maximum Gasteiger partial charge on any atom is 0.0350 e. The fourth-order valence-corrected chi connectivity index (χ4v) is 6.55. The Morgan fingerprint density at radius 3 is 1.19 bits per heavy atom. The van der Waals surface area contributed by atoms with E-state index in [1.54, 1.807) is 0 Å². The Morgan fingerprint density at radius 2 is 0.852 bits per heavy atom. The third kappa shape index (κ3) is 3.81. The van der Waals surface area contributed by atoms with Gasteiger partial charge in [-0.25, -0.2) is 0 Å². The van der Waals surface area contributed by atoms with Gasteiger partial charge in [0.15, 0.2) is 0 Å². The van der Waals surface area contributed by atoms with E-state index in [2.05, 4.69) is 51.0 Å². The largest absolute Gasteiger partial charge is 0.314 e. The van der Waals surface area contributed by atoms with Crippen molar-refractivity contribution in [1.82, 2.24) is 29.8 Å². The van der Waals surface area contributed by atoms with Crippen LogP contribution in [0.15, 0.2) is 0 Å². The summed E-state index contributed by atoms with van der Waals surface area (Å²) in [4.78, 5) is 12.9. The Balaban J connectivity index is 0.000000119. The van der Waals surface area contributed by atoms with Crippen molar-refractivity contribution in [3.8, 4) is 0 Å². The summed E-state index contributed by atoms with van der Waals surface area (Å²) in [6.45, 7) is 15.9. The van der Waals surface area contributed by atoms with Crippen LogP contribution in [0.4, 0.5) is 0 Å². The highest BCUT2D eigenvalue weighted by molar-refractivity contribution is 4.98. The van der Waals surface area contributed by atoms with Gasteiger partial charge in [-0.05, 0) is 44.8 Å². The van der Waals surface area contributed by atoms with E-state index in [0.717, 1.165) is 35.8 Å². The van der Waals surface area contributed by atoms with Crippen molar-refractivity contribution in [3.05, 3.63) is 0 Å². The average molecular weight is 377 g/mol. The summed E-state index contributed by atoms with van der Waals surface area (Å²) in [5.41, 5.74) is 0. The van der Waals surface area contributed by atoms with Gasteiger partial charge < -0.3 is 20.0 Å². The maximum absolute atomic E-state index is 3.36. The highest BCUT2D eigenvalue weighted by atomic mass is 15.3. The normalized spacial score (nSPS) is 41.9. The molecule has 4 atom stereocenters. The van der Waals surface area contributed by atoms with Gasteiger partial charge in [0.2, 0.25) is 0 Å². The van der Waals surface area contributed by atoms with E-state index in [-0.39, 0.29) is 0 Å². The second kappa shape index (κ2) is 7.54. The fraction of sp³-hybridized carbons (Fsp3) is 1.00. The van der Waals surface area contributed by atoms with Gasteiger partial charge in [0, 0.05) is 90.6 Å². The van der Waals surface area contributed by atoms with E-state index in [1.807, 2.05) is 0 Å². The summed E-state index contributed by atoms with van der Waals surface area (Å²) in [6.07, 6.45) is 0. The van der Waals surface area contributed by atoms with Crippen molar-refractivity contribution >= 4 is 0 Å². The molecular formula is C21H40N6. The van der Waals surface area contributed by atoms with Crippen LogP contribution in [0.3, 0.4) is 0 Å². The second-order valence-corrected chi connectivity index (χ2v) is 10.6. The van der Waals surface area contributed by atoms with Crippen LogP contribution in [0, 0.1) is 23.7 Å². The summed E-state index contributed by atoms with van der Waals surface area (Å²) >= 11 is 0. The fourth-order valence-electron chi connectivity index (χ4n) is 6.55. The van der Waals surface area contributed by atoms with Crippen LogP contribution in [-0.4, -0.2) is 136 Å². The van der Waals surface area contributed by atoms with Crippen molar-refractivity contribution < 1.29 is 0 Å². The molecule has 0 bridgehead atoms. The van der Waals surface area contributed by atoms with Crippen LogP contribution in [0.1, 0.15) is 0 Å². The first kappa shape index (κ1) is 18.8. The molecule has 6 fully saturated rings. The first-order chi connectivity index (χ1) is 13.0. The molecule has 27 heavy (non-hydrogen) atoms. The summed E-state index contributed by atoms with van der Waals surface area (Å²) in [5, 5.41) is 3.36. The van der Waals surface area contributed by atoms with Gasteiger partial charge in [0.1, 0.15) is 0 Å². The van der Waals surface area contributed by atoms with Gasteiger partial charge >= 0.3 is 0 Å². The van der Waals surface area contributed by atoms with Gasteiger partial charge in [-0.15, -0.1) is 0 Å². The maximum atomic E-state index is 3.36. The quantitative estimate of drug-likeness (QED) is 0.682. The predicted molar refractivity (Wildman–Crippen MR) is 110 cm³/mol. The van der Waals surface area contributed by atoms with Gasteiger partial charge in [0.25, 0.3) is 0 Å². The average Bonchev–Trinajstić information content (AvgIpc) is 3.22. The Labute approximate surface area is 165 Å². The zero-order valence-corrected chi connectivity index (χ0v) is 17.7. The van der Waals surface area contributed by atoms with E-state index in [9.17, 15) is 0 Å². The molecule has 0 aromatic carbocycles. The van der Waals surface area contributed by atoms with Crippen LogP contribution in [0.5, 0.6) is 0 Å². The Bertz CT molecular complexity index is 491. The predicted octanol–water partition coefficient (Wildman–Crippen LogP) is -0.755. The molecule has 6 nitrogen and oxygen atoms in total. The van der Waals surface area contributed by atoms with E-state index in [1.165, 1.54) is 78.5 Å². The lowest BCUT2D eigenvalue weighted by atomic mass is 10.0. The molecule has 6 aliphatic heterocycles. The van der Waals surface area contributed by atoms with Crippen molar-refractivity contribution in [2.24, 2.45) is 23.7 Å². The van der Waals surface area contributed by atoms with Crippen molar-refractivity contribution in [2.75, 3.05) is 99.7 Å². The minimum Gasteiger partial charge on any atom is -0.314 e. The van der Waals surface area contributed by atoms with Crippen LogP contribution >= 0.6 is 0 Å². The number of rotatable bonds is 2. The Hall–Kier alpha value is -0.240. The van der Waals surface area contributed by atoms with Crippen molar-refractivity contribution in [2.45, 2.75) is 12.1 Å². The summed E-state index contributed by atoms with van der Waals surface area (Å²) in [7, 11) is 6.74. The number of hydrogen-bond acceptors (Lipinski definition) is 6. The molecule has 6 saturated heterocycles. The van der Waals surface area contributed by atoms with Gasteiger partial charge in [-0.1, -0.05) is 0 Å². The van der Waals surface area contributed by atoms with Crippen LogP contribution in [0.2, 0.25) is 0 Å². The minimum atomic E-state index is 0.871. The number of likely N-dealkylation sites (N-methyl/N-ethyl adjacent to an activating group) is 1. The zero-order valence-electron chi connectivity index (χ0n) is 17.7. The third-order valence-electron chi connectivity index (χ3n) is 8.23. The van der Waals surface area contributed by atoms with Crippen molar-refractivity contribution in [3.63, 3.8) is 0 Å². The topological polar surface area (TPSA) is 28.2 Å². The molecule has 154 valence electrons. The summed E-state index contributed by atoms with van der Waals surface area (Å²) in [5.74, 6) is 3.91. The molecular weight excluding hydrogens is 336 g/mol. The number of nitrogens with zero attached hydrogens (tertiary/aromatic N) is 5. The molecule has 0 saturated carbocycles. The van der Waals surface area contributed by atoms with Crippen LogP contribution in [-0.2, 0) is 0 Å². The molecule has 6 heterocycles. The number of likely N-dealkylation sites (tertiary alicyclic amines) is 5. The SMILES string of the molecule is CN1CC(N2C[C@H]3CN(C)C[C@H]3C2)C1.CN1C[C@@H]2CN(C3CNC3)C[C@@H]2C1. The van der Waals surface area contributed by atoms with E-state index >= 15 is 0 Å². The molecule has 0 aliphatic carbocycles. The highest BCUT2D eigenvalue weighted by Crippen LogP contribution is 2.33. The molecule has 0 spiro atoms. The van der Waals surface area contributed by atoms with Crippen molar-refractivity contribution in [1.29, 1.82) is 0 Å². The monoisotopic (exact) mass is 376 g/mol. The molecule has 6 aliphatic rings. The van der Waals surface area contributed by atoms with Gasteiger partial charge in [0.05, 0.1) is 0 Å². The van der Waals surface area contributed by atoms with Gasteiger partial charge in [-0.2, -0.15) is 0 Å². The van der Waals surface area contributed by atoms with E-state index < -0.39 is 0 Å². The lowest BCUT2D eigenvalue weighted by Gasteiger charge is -2.42. The standard InChI is InChI=1S/C11H21N3.C10H19N3/c1-12-3-9-5-14(6-10(9)4-12)11-7-13(2)8-11;1-12-4-8-6-13(7-9(8)5-12)10-2-11-3-10/h9-11H,3-8H2,1-2H3;8-11H,2-7H2,1H3/t9-,10+;8-,9+. The molecule has 0 unspecified atom stereocenters. The summed E-state index contributed by atoms with van der Waals surface area (Å²) < 4.78 is 0. The Kier molecular flexibility index (Phi) is 5.24. The molecule has 1 N–H and O–H groups in total. The van der Waals surface area contributed by atoms with Crippen LogP contribution in [0.25, 0.3) is 0 Å². The molecule has 6 rings (SSSR count). The first-order valence-corrected chi connectivity index (χ1v) is 11.3. The molecule has 6 heteroatoms. The molecule has 0 aromatic rings. The smallest absolute Gasteiger partial charge is 0.0350 e. The first-order valence-electron chi connectivity index (χ1n) is 11.3. The molecule has 0 amide bonds. The number of fused-ring (bicyclic) bond motifs is 2. The molecule has 0 radical (unpaired) electrons. The number of hydrogen-bond donors (Lipinski definition) is 1. The minimum absolute atomic E-state index is 0.871.